The van der Waals surface area contributed by atoms with E-state index in [4.69, 9.17) is 12.2 Å². The normalized spacial score (nSPS) is 14.9. The van der Waals surface area contributed by atoms with Gasteiger partial charge in [-0.3, -0.25) is 24.6 Å². The third-order valence-corrected chi connectivity index (χ3v) is 6.10. The number of hydrogen-bond acceptors (Lipinski definition) is 6. The first kappa shape index (κ1) is 22.6. The van der Waals surface area contributed by atoms with Gasteiger partial charge in [0.1, 0.15) is 10.0 Å². The minimum atomic E-state index is -0.544. The molecule has 2 aromatic carbocycles. The maximum Gasteiger partial charge on any atom is 0.292 e. The van der Waals surface area contributed by atoms with Gasteiger partial charge in [-0.05, 0) is 36.1 Å². The lowest BCUT2D eigenvalue weighted by molar-refractivity contribution is -0.383. The molecule has 0 saturated carbocycles. The summed E-state index contributed by atoms with van der Waals surface area (Å²) < 4.78 is 0.459. The summed E-state index contributed by atoms with van der Waals surface area (Å²) >= 11 is 6.58. The van der Waals surface area contributed by atoms with Crippen LogP contribution in [-0.2, 0) is 16.0 Å². The van der Waals surface area contributed by atoms with E-state index >= 15 is 0 Å². The molecule has 0 bridgehead atoms. The molecule has 0 spiro atoms. The lowest BCUT2D eigenvalue weighted by atomic mass is 10.1. The molecule has 1 N–H and O–H groups in total. The molecule has 1 saturated heterocycles. The maximum atomic E-state index is 12.7. The molecule has 31 heavy (non-hydrogen) atoms. The average molecular weight is 456 g/mol. The van der Waals surface area contributed by atoms with Crippen molar-refractivity contribution < 1.29 is 14.5 Å². The van der Waals surface area contributed by atoms with Gasteiger partial charge in [0.15, 0.2) is 0 Å². The number of thioether (sulfide) groups is 1. The Balaban J connectivity index is 1.55. The molecule has 9 heteroatoms. The second kappa shape index (κ2) is 10.3. The zero-order valence-corrected chi connectivity index (χ0v) is 18.5. The fraction of sp³-hybridized carbons (Fsp3) is 0.227. The molecule has 0 unspecified atom stereocenters. The van der Waals surface area contributed by atoms with Crippen molar-refractivity contribution in [2.24, 2.45) is 0 Å². The summed E-state index contributed by atoms with van der Waals surface area (Å²) in [6.45, 7) is 2.39. The van der Waals surface area contributed by atoms with Crippen LogP contribution in [0.25, 0.3) is 6.08 Å². The fourth-order valence-corrected chi connectivity index (χ4v) is 4.35. The quantitative estimate of drug-likeness (QED) is 0.267. The van der Waals surface area contributed by atoms with Gasteiger partial charge in [0.05, 0.1) is 9.83 Å². The Morgan fingerprint density at radius 2 is 1.94 bits per heavy atom. The van der Waals surface area contributed by atoms with Crippen molar-refractivity contribution in [3.8, 4) is 0 Å². The topological polar surface area (TPSA) is 92.6 Å². The Morgan fingerprint density at radius 3 is 2.61 bits per heavy atom. The minimum absolute atomic E-state index is 0.112. The number of benzene rings is 2. The zero-order valence-electron chi connectivity index (χ0n) is 16.9. The van der Waals surface area contributed by atoms with Crippen LogP contribution in [0.15, 0.2) is 53.4 Å². The van der Waals surface area contributed by atoms with Crippen LogP contribution < -0.4 is 5.32 Å². The predicted octanol–water partition coefficient (Wildman–Crippen LogP) is 4.78. The summed E-state index contributed by atoms with van der Waals surface area (Å²) in [6, 6.07) is 14.0. The Labute approximate surface area is 189 Å². The number of hydrogen-bond donors (Lipinski definition) is 1. The first-order valence-electron chi connectivity index (χ1n) is 9.76. The maximum absolute atomic E-state index is 12.7. The highest BCUT2D eigenvalue weighted by Crippen LogP contribution is 2.33. The second-order valence-electron chi connectivity index (χ2n) is 6.85. The summed E-state index contributed by atoms with van der Waals surface area (Å²) in [5.74, 6) is -0.528. The van der Waals surface area contributed by atoms with Gasteiger partial charge in [0.25, 0.3) is 11.6 Å². The number of carbonyl (C=O) groups excluding carboxylic acids is 2. The van der Waals surface area contributed by atoms with Gasteiger partial charge in [0.2, 0.25) is 5.91 Å². The Kier molecular flexibility index (Phi) is 7.54. The largest absolute Gasteiger partial charge is 0.320 e. The molecule has 1 fully saturated rings. The highest BCUT2D eigenvalue weighted by atomic mass is 32.2. The van der Waals surface area contributed by atoms with E-state index in [1.807, 2.05) is 30.3 Å². The Morgan fingerprint density at radius 1 is 1.23 bits per heavy atom. The Bertz CT molecular complexity index is 1050. The summed E-state index contributed by atoms with van der Waals surface area (Å²) in [4.78, 5) is 37.4. The van der Waals surface area contributed by atoms with Gasteiger partial charge < -0.3 is 5.32 Å². The SMILES string of the molecule is CCc1ccc(/C=C2\SC(=S)N(CCCC(=O)Nc3ccccc3[N+](=O)[O-])C2=O)cc1. The third-order valence-electron chi connectivity index (χ3n) is 4.72. The van der Waals surface area contributed by atoms with E-state index in [1.54, 1.807) is 6.07 Å². The number of rotatable bonds is 8. The van der Waals surface area contributed by atoms with Crippen LogP contribution in [0.4, 0.5) is 11.4 Å². The molecular formula is C22H21N3O4S2. The molecular weight excluding hydrogens is 434 g/mol. The smallest absolute Gasteiger partial charge is 0.292 e. The van der Waals surface area contributed by atoms with Gasteiger partial charge in [0, 0.05) is 19.0 Å². The van der Waals surface area contributed by atoms with Gasteiger partial charge in [-0.2, -0.15) is 0 Å². The van der Waals surface area contributed by atoms with Crippen LogP contribution in [-0.4, -0.2) is 32.5 Å². The van der Waals surface area contributed by atoms with Crippen molar-refractivity contribution in [1.29, 1.82) is 0 Å². The van der Waals surface area contributed by atoms with Crippen molar-refractivity contribution in [2.45, 2.75) is 26.2 Å². The predicted molar refractivity (Wildman–Crippen MR) is 127 cm³/mol. The van der Waals surface area contributed by atoms with Crippen molar-refractivity contribution >= 4 is 57.6 Å². The first-order chi connectivity index (χ1) is 14.9. The first-order valence-corrected chi connectivity index (χ1v) is 11.0. The van der Waals surface area contributed by atoms with Crippen LogP contribution in [0.2, 0.25) is 0 Å². The number of thiocarbonyl (C=S) groups is 1. The van der Waals surface area contributed by atoms with Crippen LogP contribution in [0.3, 0.4) is 0 Å². The molecule has 0 aliphatic carbocycles. The number of nitrogens with one attached hydrogen (secondary N) is 1. The summed E-state index contributed by atoms with van der Waals surface area (Å²) in [7, 11) is 0. The van der Waals surface area contributed by atoms with Gasteiger partial charge in [-0.1, -0.05) is 67.3 Å². The van der Waals surface area contributed by atoms with Crippen molar-refractivity contribution in [3.63, 3.8) is 0 Å². The third kappa shape index (κ3) is 5.77. The number of nitro groups is 1. The minimum Gasteiger partial charge on any atom is -0.320 e. The number of nitrogens with zero attached hydrogens (tertiary/aromatic N) is 2. The molecule has 0 atom stereocenters. The molecule has 3 rings (SSSR count). The zero-order chi connectivity index (χ0) is 22.4. The molecule has 1 heterocycles. The highest BCUT2D eigenvalue weighted by Gasteiger charge is 2.31. The number of aryl methyl sites for hydroxylation is 1. The summed E-state index contributed by atoms with van der Waals surface area (Å²) in [5, 5.41) is 13.6. The van der Waals surface area contributed by atoms with Gasteiger partial charge in [-0.25, -0.2) is 0 Å². The Hall–Kier alpha value is -3.04. The van der Waals surface area contributed by atoms with E-state index in [-0.39, 0.29) is 29.6 Å². The molecule has 1 aliphatic rings. The van der Waals surface area contributed by atoms with E-state index in [0.717, 1.165) is 12.0 Å². The molecule has 7 nitrogen and oxygen atoms in total. The van der Waals surface area contributed by atoms with Crippen molar-refractivity contribution in [2.75, 3.05) is 11.9 Å². The van der Waals surface area contributed by atoms with Gasteiger partial charge >= 0.3 is 0 Å². The van der Waals surface area contributed by atoms with E-state index < -0.39 is 4.92 Å². The number of carbonyl (C=O) groups is 2. The van der Waals surface area contributed by atoms with Gasteiger partial charge in [-0.15, -0.1) is 0 Å². The lowest BCUT2D eigenvalue weighted by Crippen LogP contribution is -2.29. The standard InChI is InChI=1S/C22H21N3O4S2/c1-2-15-9-11-16(12-10-15)14-19-21(27)24(22(30)31-19)13-5-8-20(26)23-17-6-3-4-7-18(17)25(28)29/h3-4,6-7,9-12,14H,2,5,8,13H2,1H3,(H,23,26)/b19-14-. The van der Waals surface area contributed by atoms with Crippen LogP contribution in [0, 0.1) is 10.1 Å². The molecule has 2 aromatic rings. The second-order valence-corrected chi connectivity index (χ2v) is 8.53. The number of para-hydroxylation sites is 2. The monoisotopic (exact) mass is 455 g/mol. The van der Waals surface area contributed by atoms with E-state index in [0.29, 0.717) is 22.2 Å². The number of amides is 2. The number of nitro benzene ring substituents is 1. The summed E-state index contributed by atoms with van der Waals surface area (Å²) in [6.07, 6.45) is 3.27. The van der Waals surface area contributed by atoms with E-state index in [9.17, 15) is 19.7 Å². The molecule has 0 aromatic heterocycles. The van der Waals surface area contributed by atoms with Crippen LogP contribution in [0.1, 0.15) is 30.9 Å². The molecule has 1 aliphatic heterocycles. The summed E-state index contributed by atoms with van der Waals surface area (Å²) in [5.41, 5.74) is 2.15. The van der Waals surface area contributed by atoms with Crippen molar-refractivity contribution in [3.05, 3.63) is 74.7 Å². The van der Waals surface area contributed by atoms with E-state index in [1.165, 1.54) is 40.4 Å². The molecule has 2 amide bonds. The van der Waals surface area contributed by atoms with Crippen molar-refractivity contribution in [1.82, 2.24) is 4.90 Å². The molecule has 160 valence electrons. The van der Waals surface area contributed by atoms with E-state index in [2.05, 4.69) is 12.2 Å². The lowest BCUT2D eigenvalue weighted by Gasteiger charge is -2.14. The number of anilines is 1. The fourth-order valence-electron chi connectivity index (χ4n) is 3.04. The van der Waals surface area contributed by atoms with Crippen LogP contribution in [0.5, 0.6) is 0 Å². The van der Waals surface area contributed by atoms with Crippen LogP contribution >= 0.6 is 24.0 Å². The average Bonchev–Trinajstić information content (AvgIpc) is 3.02. The molecule has 0 radical (unpaired) electrons. The highest BCUT2D eigenvalue weighted by molar-refractivity contribution is 8.26.